The predicted octanol–water partition coefficient (Wildman–Crippen LogP) is 7.85. The van der Waals surface area contributed by atoms with Gasteiger partial charge in [-0.15, -0.1) is 0 Å². The molecule has 1 saturated carbocycles. The number of benzene rings is 5. The summed E-state index contributed by atoms with van der Waals surface area (Å²) in [6.45, 7) is 0. The third kappa shape index (κ3) is 4.44. The highest BCUT2D eigenvalue weighted by Crippen LogP contribution is 2.49. The highest BCUT2D eigenvalue weighted by atomic mass is 16.5. The molecular formula is C39H34O3. The summed E-state index contributed by atoms with van der Waals surface area (Å²) in [5.74, 6) is 2.19. The summed E-state index contributed by atoms with van der Waals surface area (Å²) < 4.78 is 13.2. The van der Waals surface area contributed by atoms with Crippen molar-refractivity contribution in [1.29, 1.82) is 0 Å². The molecule has 0 amide bonds. The van der Waals surface area contributed by atoms with E-state index in [1.54, 1.807) is 6.07 Å². The van der Waals surface area contributed by atoms with Gasteiger partial charge in [-0.25, -0.2) is 0 Å². The van der Waals surface area contributed by atoms with E-state index in [1.165, 1.54) is 57.5 Å². The fourth-order valence-corrected chi connectivity index (χ4v) is 7.28. The van der Waals surface area contributed by atoms with Crippen LogP contribution in [0, 0.1) is 0 Å². The van der Waals surface area contributed by atoms with Crippen molar-refractivity contribution in [1.82, 2.24) is 0 Å². The zero-order valence-electron chi connectivity index (χ0n) is 23.6. The molecule has 3 heteroatoms. The maximum Gasteiger partial charge on any atom is 0.125 e. The number of rotatable bonds is 4. The van der Waals surface area contributed by atoms with Gasteiger partial charge in [0.25, 0.3) is 0 Å². The average molecular weight is 551 g/mol. The van der Waals surface area contributed by atoms with Crippen LogP contribution in [0.4, 0.5) is 0 Å². The first-order valence-corrected chi connectivity index (χ1v) is 15.3. The summed E-state index contributed by atoms with van der Waals surface area (Å²) in [5.41, 5.74) is 6.14. The van der Waals surface area contributed by atoms with Crippen LogP contribution in [-0.2, 0) is 0 Å². The first-order valence-electron chi connectivity index (χ1n) is 15.3. The first-order chi connectivity index (χ1) is 20.7. The van der Waals surface area contributed by atoms with Crippen molar-refractivity contribution < 1.29 is 14.6 Å². The molecule has 1 heterocycles. The van der Waals surface area contributed by atoms with E-state index in [-0.39, 0.29) is 17.8 Å². The summed E-state index contributed by atoms with van der Waals surface area (Å²) in [5, 5.41) is 14.9. The molecule has 5 aromatic carbocycles. The Morgan fingerprint density at radius 1 is 0.738 bits per heavy atom. The third-order valence-electron chi connectivity index (χ3n) is 9.31. The molecule has 1 fully saturated rings. The first kappa shape index (κ1) is 25.2. The molecule has 3 aliphatic rings. The Balaban J connectivity index is 1.31. The van der Waals surface area contributed by atoms with Crippen molar-refractivity contribution >= 4 is 22.4 Å². The largest absolute Gasteiger partial charge is 0.508 e. The van der Waals surface area contributed by atoms with Gasteiger partial charge < -0.3 is 14.6 Å². The van der Waals surface area contributed by atoms with E-state index in [2.05, 4.69) is 91.0 Å². The summed E-state index contributed by atoms with van der Waals surface area (Å²) >= 11 is 0. The highest BCUT2D eigenvalue weighted by molar-refractivity contribution is 5.93. The van der Waals surface area contributed by atoms with Crippen LogP contribution in [0.5, 0.6) is 17.2 Å². The molecule has 8 rings (SSSR count). The zero-order valence-corrected chi connectivity index (χ0v) is 23.6. The maximum absolute atomic E-state index is 10.3. The minimum absolute atomic E-state index is 0.0226. The van der Waals surface area contributed by atoms with Crippen LogP contribution < -0.4 is 19.9 Å². The molecule has 2 unspecified atom stereocenters. The van der Waals surface area contributed by atoms with E-state index in [0.29, 0.717) is 6.10 Å². The van der Waals surface area contributed by atoms with Crippen LogP contribution in [-0.4, -0.2) is 17.3 Å². The predicted molar refractivity (Wildman–Crippen MR) is 169 cm³/mol. The molecule has 1 aliphatic heterocycles. The minimum atomic E-state index is -0.0384. The van der Waals surface area contributed by atoms with Crippen molar-refractivity contribution in [2.24, 2.45) is 0 Å². The summed E-state index contributed by atoms with van der Waals surface area (Å²) in [6.07, 6.45) is 9.55. The topological polar surface area (TPSA) is 38.7 Å². The quantitative estimate of drug-likeness (QED) is 0.248. The van der Waals surface area contributed by atoms with Crippen molar-refractivity contribution in [3.8, 4) is 28.4 Å². The van der Waals surface area contributed by atoms with Gasteiger partial charge in [0.2, 0.25) is 0 Å². The Hall–Kier alpha value is -4.50. The molecular weight excluding hydrogens is 516 g/mol. The molecule has 0 aromatic heterocycles. The number of hydrogen-bond donors (Lipinski definition) is 1. The zero-order chi connectivity index (χ0) is 28.0. The van der Waals surface area contributed by atoms with Crippen LogP contribution in [0.15, 0.2) is 103 Å². The molecule has 208 valence electrons. The van der Waals surface area contributed by atoms with Crippen molar-refractivity contribution in [2.75, 3.05) is 0 Å². The SMILES string of the molecule is Oc1ccc2c3c(ccc2c1)OC1CC=c2cc(OC4CCCCC4)ccc2=C1C3c1ccc(-c2ccccc2)cc1. The van der Waals surface area contributed by atoms with E-state index in [9.17, 15) is 5.11 Å². The van der Waals surface area contributed by atoms with E-state index >= 15 is 0 Å². The van der Waals surface area contributed by atoms with Crippen molar-refractivity contribution in [3.05, 3.63) is 125 Å². The Labute approximate surface area is 246 Å². The summed E-state index contributed by atoms with van der Waals surface area (Å²) in [7, 11) is 0. The van der Waals surface area contributed by atoms with Gasteiger partial charge in [-0.05, 0) is 99.5 Å². The van der Waals surface area contributed by atoms with E-state index in [1.807, 2.05) is 12.1 Å². The smallest absolute Gasteiger partial charge is 0.125 e. The Kier molecular flexibility index (Phi) is 6.25. The lowest BCUT2D eigenvalue weighted by molar-refractivity contribution is 0.155. The number of ether oxygens (including phenoxy) is 2. The van der Waals surface area contributed by atoms with Gasteiger partial charge in [-0.2, -0.15) is 0 Å². The number of phenolic OH excluding ortho intramolecular Hbond substituents is 1. The third-order valence-corrected chi connectivity index (χ3v) is 9.31. The molecule has 3 nitrogen and oxygen atoms in total. The lowest BCUT2D eigenvalue weighted by atomic mass is 9.75. The molecule has 5 aromatic rings. The lowest BCUT2D eigenvalue weighted by Gasteiger charge is -2.37. The van der Waals surface area contributed by atoms with Gasteiger partial charge >= 0.3 is 0 Å². The van der Waals surface area contributed by atoms with Crippen molar-refractivity contribution in [3.63, 3.8) is 0 Å². The minimum Gasteiger partial charge on any atom is -0.508 e. The fourth-order valence-electron chi connectivity index (χ4n) is 7.28. The maximum atomic E-state index is 10.3. The van der Waals surface area contributed by atoms with Gasteiger partial charge in [-0.1, -0.05) is 85.3 Å². The number of aromatic hydroxyl groups is 1. The molecule has 2 atom stereocenters. The summed E-state index contributed by atoms with van der Waals surface area (Å²) in [4.78, 5) is 0. The molecule has 0 bridgehead atoms. The Bertz CT molecular complexity index is 1900. The molecule has 0 spiro atoms. The van der Waals surface area contributed by atoms with Crippen LogP contribution >= 0.6 is 0 Å². The van der Waals surface area contributed by atoms with Crippen LogP contribution in [0.2, 0.25) is 0 Å². The lowest BCUT2D eigenvalue weighted by Crippen LogP contribution is -2.41. The van der Waals surface area contributed by atoms with Gasteiger partial charge in [0.15, 0.2) is 0 Å². The number of hydrogen-bond acceptors (Lipinski definition) is 3. The normalized spacial score (nSPS) is 19.7. The monoisotopic (exact) mass is 550 g/mol. The van der Waals surface area contributed by atoms with Crippen LogP contribution in [0.3, 0.4) is 0 Å². The van der Waals surface area contributed by atoms with E-state index < -0.39 is 0 Å². The van der Waals surface area contributed by atoms with Crippen LogP contribution in [0.1, 0.15) is 55.6 Å². The van der Waals surface area contributed by atoms with E-state index in [0.717, 1.165) is 41.5 Å². The van der Waals surface area contributed by atoms with E-state index in [4.69, 9.17) is 9.47 Å². The fraction of sp³-hybridized carbons (Fsp3) is 0.231. The summed E-state index contributed by atoms with van der Waals surface area (Å²) in [6, 6.07) is 36.0. The Morgan fingerprint density at radius 3 is 2.38 bits per heavy atom. The standard InChI is InChI=1S/C39H34O3/c40-30-17-19-33-28(23-30)15-21-35-38(33)37(27-13-11-26(12-14-27)25-7-3-1-4-8-25)39-34-20-18-32(41-31-9-5-2-6-10-31)24-29(34)16-22-36(39)42-35/h1,3-4,7-8,11-21,23-24,31,36-37,40H,2,5-6,9-10,22H2. The molecule has 0 saturated heterocycles. The van der Waals surface area contributed by atoms with Crippen molar-refractivity contribution in [2.45, 2.75) is 56.7 Å². The van der Waals surface area contributed by atoms with Gasteiger partial charge in [-0.3, -0.25) is 0 Å². The number of fused-ring (bicyclic) bond motifs is 5. The number of phenols is 1. The molecule has 0 radical (unpaired) electrons. The van der Waals surface area contributed by atoms with Gasteiger partial charge in [0, 0.05) is 17.9 Å². The second-order valence-electron chi connectivity index (χ2n) is 11.9. The molecule has 42 heavy (non-hydrogen) atoms. The second kappa shape index (κ2) is 10.4. The highest BCUT2D eigenvalue weighted by Gasteiger charge is 2.37. The average Bonchev–Trinajstić information content (AvgIpc) is 3.04. The molecule has 1 N–H and O–H groups in total. The van der Waals surface area contributed by atoms with Crippen LogP contribution in [0.25, 0.3) is 33.5 Å². The molecule has 2 aliphatic carbocycles. The van der Waals surface area contributed by atoms with Gasteiger partial charge in [0.1, 0.15) is 23.4 Å². The van der Waals surface area contributed by atoms with Gasteiger partial charge in [0.05, 0.1) is 6.10 Å². The second-order valence-corrected chi connectivity index (χ2v) is 11.9. The Morgan fingerprint density at radius 2 is 1.55 bits per heavy atom.